The molecule has 3 rings (SSSR count). The third kappa shape index (κ3) is 2.37. The minimum atomic E-state index is -0.663. The fourth-order valence-corrected chi connectivity index (χ4v) is 3.45. The van der Waals surface area contributed by atoms with Gasteiger partial charge >= 0.3 is 0 Å². The van der Waals surface area contributed by atoms with Crippen LogP contribution in [0.25, 0.3) is 0 Å². The summed E-state index contributed by atoms with van der Waals surface area (Å²) in [5, 5.41) is 11.1. The van der Waals surface area contributed by atoms with Crippen molar-refractivity contribution < 1.29 is 9.84 Å². The quantitative estimate of drug-likeness (QED) is 0.907. The van der Waals surface area contributed by atoms with E-state index in [9.17, 15) is 5.11 Å². The second-order valence-electron chi connectivity index (χ2n) is 6.15. The minimum Gasteiger partial charge on any atom is -0.491 e. The van der Waals surface area contributed by atoms with Gasteiger partial charge in [-0.25, -0.2) is 0 Å². The molecule has 2 heterocycles. The summed E-state index contributed by atoms with van der Waals surface area (Å²) in [5.41, 5.74) is 0.362. The molecule has 3 heteroatoms. The van der Waals surface area contributed by atoms with Crippen molar-refractivity contribution in [1.29, 1.82) is 0 Å². The van der Waals surface area contributed by atoms with E-state index in [1.807, 2.05) is 38.1 Å². The van der Waals surface area contributed by atoms with Crippen LogP contribution in [-0.2, 0) is 5.60 Å². The van der Waals surface area contributed by atoms with E-state index in [-0.39, 0.29) is 6.10 Å². The number of rotatable bonds is 3. The lowest BCUT2D eigenvalue weighted by Gasteiger charge is -2.39. The Hall–Kier alpha value is -1.06. The molecule has 2 aliphatic heterocycles. The topological polar surface area (TPSA) is 32.7 Å². The molecule has 0 saturated carbocycles. The van der Waals surface area contributed by atoms with Crippen LogP contribution in [0.1, 0.15) is 32.3 Å². The number of hydrogen-bond donors (Lipinski definition) is 1. The third-order valence-corrected chi connectivity index (χ3v) is 4.46. The van der Waals surface area contributed by atoms with E-state index in [2.05, 4.69) is 4.90 Å². The molecule has 0 radical (unpaired) electrons. The summed E-state index contributed by atoms with van der Waals surface area (Å²) in [4.78, 5) is 2.45. The Labute approximate surface area is 115 Å². The maximum Gasteiger partial charge on any atom is 0.120 e. The van der Waals surface area contributed by atoms with Gasteiger partial charge in [0.25, 0.3) is 0 Å². The molecule has 0 amide bonds. The summed E-state index contributed by atoms with van der Waals surface area (Å²) < 4.78 is 5.75. The number of nitrogens with zero attached hydrogens (tertiary/aromatic N) is 1. The average molecular weight is 261 g/mol. The van der Waals surface area contributed by atoms with Gasteiger partial charge in [-0.05, 0) is 50.9 Å². The van der Waals surface area contributed by atoms with Crippen molar-refractivity contribution in [3.05, 3.63) is 29.8 Å². The minimum absolute atomic E-state index is 0.165. The summed E-state index contributed by atoms with van der Waals surface area (Å²) in [6, 6.07) is 8.03. The summed E-state index contributed by atoms with van der Waals surface area (Å²) in [6.07, 6.45) is 2.10. The van der Waals surface area contributed by atoms with Gasteiger partial charge in [0.15, 0.2) is 0 Å². The van der Waals surface area contributed by atoms with Crippen LogP contribution in [0.4, 0.5) is 0 Å². The molecule has 2 saturated heterocycles. The molecular weight excluding hydrogens is 238 g/mol. The molecule has 1 aromatic carbocycles. The predicted octanol–water partition coefficient (Wildman–Crippen LogP) is 2.39. The average Bonchev–Trinajstić information content (AvgIpc) is 2.79. The van der Waals surface area contributed by atoms with E-state index in [1.54, 1.807) is 0 Å². The van der Waals surface area contributed by atoms with E-state index in [4.69, 9.17) is 4.74 Å². The molecule has 19 heavy (non-hydrogen) atoms. The SMILES string of the molecule is CC(C)Oc1cccc(C2(O)CCN3CCC2C3)c1. The summed E-state index contributed by atoms with van der Waals surface area (Å²) >= 11 is 0. The van der Waals surface area contributed by atoms with Gasteiger partial charge in [0, 0.05) is 19.0 Å². The van der Waals surface area contributed by atoms with Gasteiger partial charge in [-0.3, -0.25) is 0 Å². The Morgan fingerprint density at radius 3 is 3.00 bits per heavy atom. The highest BCUT2D eigenvalue weighted by Gasteiger charge is 2.45. The molecule has 3 nitrogen and oxygen atoms in total. The molecule has 1 aromatic rings. The standard InChI is InChI=1S/C16H23NO2/c1-12(2)19-15-5-3-4-13(10-15)16(18)7-9-17-8-6-14(16)11-17/h3-5,10,12,14,18H,6-9,11H2,1-2H3. The molecule has 104 valence electrons. The largest absolute Gasteiger partial charge is 0.491 e. The molecule has 0 aliphatic carbocycles. The fraction of sp³-hybridized carbons (Fsp3) is 0.625. The highest BCUT2D eigenvalue weighted by molar-refractivity contribution is 5.34. The first-order valence-corrected chi connectivity index (χ1v) is 7.30. The number of benzene rings is 1. The lowest BCUT2D eigenvalue weighted by Crippen LogP contribution is -2.44. The Morgan fingerprint density at radius 1 is 1.37 bits per heavy atom. The third-order valence-electron chi connectivity index (χ3n) is 4.46. The van der Waals surface area contributed by atoms with E-state index in [0.29, 0.717) is 5.92 Å². The van der Waals surface area contributed by atoms with Crippen molar-refractivity contribution >= 4 is 0 Å². The van der Waals surface area contributed by atoms with E-state index >= 15 is 0 Å². The van der Waals surface area contributed by atoms with Crippen LogP contribution >= 0.6 is 0 Å². The van der Waals surface area contributed by atoms with Crippen LogP contribution in [-0.4, -0.2) is 35.7 Å². The van der Waals surface area contributed by atoms with Crippen LogP contribution in [0.2, 0.25) is 0 Å². The Balaban J connectivity index is 1.88. The van der Waals surface area contributed by atoms with Crippen molar-refractivity contribution in [1.82, 2.24) is 4.90 Å². The van der Waals surface area contributed by atoms with E-state index < -0.39 is 5.60 Å². The second-order valence-corrected chi connectivity index (χ2v) is 6.15. The predicted molar refractivity (Wildman–Crippen MR) is 75.3 cm³/mol. The lowest BCUT2D eigenvalue weighted by molar-refractivity contribution is -0.0504. The van der Waals surface area contributed by atoms with Crippen molar-refractivity contribution in [2.75, 3.05) is 19.6 Å². The van der Waals surface area contributed by atoms with Gasteiger partial charge in [0.05, 0.1) is 11.7 Å². The van der Waals surface area contributed by atoms with Gasteiger partial charge in [-0.2, -0.15) is 0 Å². The number of fused-ring (bicyclic) bond motifs is 2. The number of ether oxygens (including phenoxy) is 1. The van der Waals surface area contributed by atoms with Gasteiger partial charge in [0.2, 0.25) is 0 Å². The first-order valence-electron chi connectivity index (χ1n) is 7.30. The molecule has 3 unspecified atom stereocenters. The van der Waals surface area contributed by atoms with Crippen LogP contribution in [0, 0.1) is 5.92 Å². The Bertz CT molecular complexity index is 460. The molecule has 3 atom stereocenters. The van der Waals surface area contributed by atoms with Crippen molar-refractivity contribution in [2.24, 2.45) is 5.92 Å². The zero-order valence-electron chi connectivity index (χ0n) is 11.8. The summed E-state index contributed by atoms with van der Waals surface area (Å²) in [5.74, 6) is 1.23. The highest BCUT2D eigenvalue weighted by atomic mass is 16.5. The molecule has 0 spiro atoms. The van der Waals surface area contributed by atoms with Crippen molar-refractivity contribution in [3.8, 4) is 5.75 Å². The van der Waals surface area contributed by atoms with Crippen LogP contribution in [0.15, 0.2) is 24.3 Å². The fourth-order valence-electron chi connectivity index (χ4n) is 3.45. The zero-order valence-corrected chi connectivity index (χ0v) is 11.8. The number of hydrogen-bond acceptors (Lipinski definition) is 3. The monoisotopic (exact) mass is 261 g/mol. The Morgan fingerprint density at radius 2 is 2.21 bits per heavy atom. The second kappa shape index (κ2) is 4.80. The smallest absolute Gasteiger partial charge is 0.120 e. The first-order chi connectivity index (χ1) is 9.08. The van der Waals surface area contributed by atoms with Crippen molar-refractivity contribution in [2.45, 2.75) is 38.4 Å². The van der Waals surface area contributed by atoms with Gasteiger partial charge < -0.3 is 14.7 Å². The zero-order chi connectivity index (χ0) is 13.5. The van der Waals surface area contributed by atoms with Crippen LogP contribution in [0.5, 0.6) is 5.75 Å². The molecule has 2 fully saturated rings. The lowest BCUT2D eigenvalue weighted by atomic mass is 9.77. The molecule has 1 N–H and O–H groups in total. The van der Waals surface area contributed by atoms with Gasteiger partial charge in [-0.1, -0.05) is 12.1 Å². The maximum atomic E-state index is 11.1. The molecule has 0 aromatic heterocycles. The van der Waals surface area contributed by atoms with E-state index in [1.165, 1.54) is 0 Å². The van der Waals surface area contributed by atoms with Gasteiger partial charge in [-0.15, -0.1) is 0 Å². The molecule has 2 bridgehead atoms. The van der Waals surface area contributed by atoms with Crippen molar-refractivity contribution in [3.63, 3.8) is 0 Å². The highest BCUT2D eigenvalue weighted by Crippen LogP contribution is 2.43. The Kier molecular flexibility index (Phi) is 3.27. The summed E-state index contributed by atoms with van der Waals surface area (Å²) in [7, 11) is 0. The molecular formula is C16H23NO2. The number of piperidine rings is 1. The van der Waals surface area contributed by atoms with Gasteiger partial charge in [0.1, 0.15) is 5.75 Å². The van der Waals surface area contributed by atoms with Crippen LogP contribution < -0.4 is 4.74 Å². The summed E-state index contributed by atoms with van der Waals surface area (Å²) in [6.45, 7) is 7.22. The maximum absolute atomic E-state index is 11.1. The molecule has 2 aliphatic rings. The number of aliphatic hydroxyl groups is 1. The van der Waals surface area contributed by atoms with Crippen LogP contribution in [0.3, 0.4) is 0 Å². The normalized spacial score (nSPS) is 33.7. The first kappa shape index (κ1) is 12.9. The van der Waals surface area contributed by atoms with E-state index in [0.717, 1.165) is 43.8 Å².